The van der Waals surface area contributed by atoms with Crippen LogP contribution in [0.2, 0.25) is 0 Å². The summed E-state index contributed by atoms with van der Waals surface area (Å²) in [6.07, 6.45) is 0.781. The van der Waals surface area contributed by atoms with E-state index in [9.17, 15) is 28.8 Å². The lowest BCUT2D eigenvalue weighted by Gasteiger charge is -2.18. The molecule has 13 heteroatoms. The summed E-state index contributed by atoms with van der Waals surface area (Å²) in [4.78, 5) is 59.3. The van der Waals surface area contributed by atoms with Gasteiger partial charge in [-0.2, -0.15) is 0 Å². The molecule has 0 unspecified atom stereocenters. The average molecular weight is 456 g/mol. The zero-order chi connectivity index (χ0) is 25.6. The molecule has 0 saturated carbocycles. The van der Waals surface area contributed by atoms with Gasteiger partial charge in [-0.25, -0.2) is 4.79 Å². The first-order valence-electron chi connectivity index (χ1n) is 9.14. The van der Waals surface area contributed by atoms with Gasteiger partial charge in [0.25, 0.3) is 0 Å². The van der Waals surface area contributed by atoms with E-state index < -0.39 is 54.3 Å². The minimum Gasteiger partial charge on any atom is -0.481 e. The Morgan fingerprint density at radius 2 is 0.742 bits per heavy atom. The van der Waals surface area contributed by atoms with Gasteiger partial charge in [0.1, 0.15) is 0 Å². The van der Waals surface area contributed by atoms with E-state index in [1.54, 1.807) is 0 Å². The minimum absolute atomic E-state index is 0.292. The van der Waals surface area contributed by atoms with Crippen LogP contribution in [-0.4, -0.2) is 77.2 Å². The first-order chi connectivity index (χ1) is 14.1. The maximum Gasteiger partial charge on any atom is 0.336 e. The van der Waals surface area contributed by atoms with Crippen molar-refractivity contribution in [3.8, 4) is 0 Å². The smallest absolute Gasteiger partial charge is 0.336 e. The molecule has 0 aliphatic heterocycles. The van der Waals surface area contributed by atoms with Crippen molar-refractivity contribution in [2.75, 3.05) is 0 Å². The Bertz CT molecular complexity index is 515. The molecule has 0 aromatic heterocycles. The second kappa shape index (κ2) is 21.5. The van der Waals surface area contributed by atoms with Crippen LogP contribution in [0.5, 0.6) is 0 Å². The molecular formula is C18H32O13. The van der Waals surface area contributed by atoms with Crippen LogP contribution in [0.3, 0.4) is 0 Å². The van der Waals surface area contributed by atoms with Crippen molar-refractivity contribution in [2.24, 2.45) is 0 Å². The van der Waals surface area contributed by atoms with Gasteiger partial charge in [0.15, 0.2) is 5.60 Å². The third kappa shape index (κ3) is 34.7. The van der Waals surface area contributed by atoms with E-state index >= 15 is 0 Å². The average Bonchev–Trinajstić information content (AvgIpc) is 2.54. The Hall–Kier alpha value is -3.22. The largest absolute Gasteiger partial charge is 0.481 e. The Kier molecular flexibility index (Phi) is 24.4. The number of carbonyl (C=O) groups is 6. The predicted molar refractivity (Wildman–Crippen MR) is 105 cm³/mol. The maximum atomic E-state index is 10.3. The molecule has 0 heterocycles. The van der Waals surface area contributed by atoms with E-state index in [0.29, 0.717) is 19.3 Å². The molecule has 0 rings (SSSR count). The molecule has 7 N–H and O–H groups in total. The van der Waals surface area contributed by atoms with E-state index in [1.807, 2.05) is 20.8 Å². The third-order valence-corrected chi connectivity index (χ3v) is 2.68. The standard InChI is InChI=1S/C6H8O7.3C4H8O2/c7-3(8)1-6(13,5(11)12)2-4(9)10;3*1-2-3-4(5)6/h13H,1-2H2,(H,7,8)(H,9,10)(H,11,12);3*2-3H2,1H3,(H,5,6). The van der Waals surface area contributed by atoms with E-state index in [4.69, 9.17) is 35.7 Å². The SMILES string of the molecule is CCCC(=O)O.CCCC(=O)O.CCCC(=O)O.O=C(O)CC(O)(CC(=O)O)C(=O)O. The predicted octanol–water partition coefficient (Wildman–Crippen LogP) is 1.36. The number of rotatable bonds is 11. The zero-order valence-electron chi connectivity index (χ0n) is 17.7. The molecular weight excluding hydrogens is 424 g/mol. The van der Waals surface area contributed by atoms with Crippen LogP contribution in [0.1, 0.15) is 72.1 Å². The quantitative estimate of drug-likeness (QED) is 0.232. The summed E-state index contributed by atoms with van der Waals surface area (Å²) in [5, 5.41) is 57.6. The van der Waals surface area contributed by atoms with Crippen LogP contribution in [0.4, 0.5) is 0 Å². The topological polar surface area (TPSA) is 244 Å². The highest BCUT2D eigenvalue weighted by molar-refractivity contribution is 5.88. The van der Waals surface area contributed by atoms with Crippen LogP contribution >= 0.6 is 0 Å². The van der Waals surface area contributed by atoms with E-state index in [-0.39, 0.29) is 0 Å². The number of hydrogen-bond donors (Lipinski definition) is 7. The first-order valence-corrected chi connectivity index (χ1v) is 9.14. The fraction of sp³-hybridized carbons (Fsp3) is 0.667. The third-order valence-electron chi connectivity index (χ3n) is 2.68. The summed E-state index contributed by atoms with van der Waals surface area (Å²) >= 11 is 0. The van der Waals surface area contributed by atoms with Gasteiger partial charge in [0.05, 0.1) is 12.8 Å². The molecule has 13 nitrogen and oxygen atoms in total. The molecule has 0 spiro atoms. The number of aliphatic hydroxyl groups is 1. The Labute approximate surface area is 178 Å². The van der Waals surface area contributed by atoms with Crippen LogP contribution in [0, 0.1) is 0 Å². The highest BCUT2D eigenvalue weighted by Gasteiger charge is 2.40. The highest BCUT2D eigenvalue weighted by Crippen LogP contribution is 2.15. The molecule has 0 bridgehead atoms. The van der Waals surface area contributed by atoms with Crippen molar-refractivity contribution >= 4 is 35.8 Å². The molecule has 0 radical (unpaired) electrons. The lowest BCUT2D eigenvalue weighted by atomic mass is 9.96. The Balaban J connectivity index is -0.000000171. The first kappa shape index (κ1) is 35.2. The summed E-state index contributed by atoms with van der Waals surface area (Å²) < 4.78 is 0. The van der Waals surface area contributed by atoms with Gasteiger partial charge in [-0.15, -0.1) is 0 Å². The van der Waals surface area contributed by atoms with Gasteiger partial charge < -0.3 is 35.7 Å². The van der Waals surface area contributed by atoms with Gasteiger partial charge in [-0.3, -0.25) is 24.0 Å². The molecule has 0 aromatic rings. The normalized spacial score (nSPS) is 9.29. The summed E-state index contributed by atoms with van der Waals surface area (Å²) in [5.74, 6) is -7.15. The lowest BCUT2D eigenvalue weighted by Crippen LogP contribution is -2.42. The van der Waals surface area contributed by atoms with E-state index in [2.05, 4.69) is 0 Å². The lowest BCUT2D eigenvalue weighted by molar-refractivity contribution is -0.170. The molecule has 0 saturated heterocycles. The monoisotopic (exact) mass is 456 g/mol. The van der Waals surface area contributed by atoms with Crippen molar-refractivity contribution < 1.29 is 64.5 Å². The second-order valence-corrected chi connectivity index (χ2v) is 5.91. The molecule has 0 atom stereocenters. The number of carboxylic acids is 6. The van der Waals surface area contributed by atoms with Crippen LogP contribution in [-0.2, 0) is 28.8 Å². The zero-order valence-corrected chi connectivity index (χ0v) is 17.7. The molecule has 0 aromatic carbocycles. The molecule has 0 aliphatic carbocycles. The molecule has 0 amide bonds. The molecule has 0 aliphatic rings. The highest BCUT2D eigenvalue weighted by atomic mass is 16.4. The maximum absolute atomic E-state index is 10.3. The summed E-state index contributed by atoms with van der Waals surface area (Å²) in [7, 11) is 0. The van der Waals surface area contributed by atoms with Crippen molar-refractivity contribution in [1.29, 1.82) is 0 Å². The van der Waals surface area contributed by atoms with Gasteiger partial charge in [0, 0.05) is 19.3 Å². The van der Waals surface area contributed by atoms with Gasteiger partial charge in [0.2, 0.25) is 0 Å². The van der Waals surface area contributed by atoms with Gasteiger partial charge >= 0.3 is 35.8 Å². The fourth-order valence-corrected chi connectivity index (χ4v) is 1.36. The summed E-state index contributed by atoms with van der Waals surface area (Å²) in [6.45, 7) is 5.52. The summed E-state index contributed by atoms with van der Waals surface area (Å²) in [5.41, 5.74) is -2.74. The molecule has 0 fully saturated rings. The van der Waals surface area contributed by atoms with Crippen LogP contribution < -0.4 is 0 Å². The number of hydrogen-bond acceptors (Lipinski definition) is 7. The Morgan fingerprint density at radius 1 is 0.516 bits per heavy atom. The van der Waals surface area contributed by atoms with Crippen molar-refractivity contribution in [1.82, 2.24) is 0 Å². The Morgan fingerprint density at radius 3 is 0.806 bits per heavy atom. The van der Waals surface area contributed by atoms with E-state index in [1.165, 1.54) is 0 Å². The summed E-state index contributed by atoms with van der Waals surface area (Å²) in [6, 6.07) is 0. The van der Waals surface area contributed by atoms with E-state index in [0.717, 1.165) is 19.3 Å². The molecule has 182 valence electrons. The number of carboxylic acid groups (broad SMARTS) is 6. The second-order valence-electron chi connectivity index (χ2n) is 5.91. The van der Waals surface area contributed by atoms with Crippen molar-refractivity contribution in [3.05, 3.63) is 0 Å². The van der Waals surface area contributed by atoms with Gasteiger partial charge in [-0.1, -0.05) is 20.8 Å². The van der Waals surface area contributed by atoms with Crippen LogP contribution in [0.25, 0.3) is 0 Å². The van der Waals surface area contributed by atoms with Crippen LogP contribution in [0.15, 0.2) is 0 Å². The van der Waals surface area contributed by atoms with Crippen molar-refractivity contribution in [2.45, 2.75) is 77.7 Å². The molecule has 31 heavy (non-hydrogen) atoms. The minimum atomic E-state index is -2.74. The van der Waals surface area contributed by atoms with Crippen molar-refractivity contribution in [3.63, 3.8) is 0 Å². The van der Waals surface area contributed by atoms with Gasteiger partial charge in [-0.05, 0) is 19.3 Å². The number of aliphatic carboxylic acids is 6. The fourth-order valence-electron chi connectivity index (χ4n) is 1.36.